The minimum absolute atomic E-state index is 0.324. The lowest BCUT2D eigenvalue weighted by molar-refractivity contribution is 0.157. The van der Waals surface area contributed by atoms with Crippen molar-refractivity contribution in [3.63, 3.8) is 0 Å². The molecule has 2 heterocycles. The number of hydrogen-bond acceptors (Lipinski definition) is 5. The number of piperidine rings is 1. The van der Waals surface area contributed by atoms with Gasteiger partial charge >= 0.3 is 0 Å². The van der Waals surface area contributed by atoms with Crippen LogP contribution in [-0.4, -0.2) is 51.7 Å². The molecular weight excluding hydrogens is 290 g/mol. The van der Waals surface area contributed by atoms with Gasteiger partial charge in [0.05, 0.1) is 17.7 Å². The molecule has 3 rings (SSSR count). The molecule has 2 aliphatic heterocycles. The molecular formula is C14H21N3O3S. The van der Waals surface area contributed by atoms with E-state index in [2.05, 4.69) is 10.6 Å². The van der Waals surface area contributed by atoms with Crippen LogP contribution in [0, 0.1) is 0 Å². The summed E-state index contributed by atoms with van der Waals surface area (Å²) in [5.41, 5.74) is -0.427. The number of benzene rings is 1. The second-order valence-corrected chi connectivity index (χ2v) is 7.32. The van der Waals surface area contributed by atoms with Crippen LogP contribution in [0.2, 0.25) is 0 Å². The lowest BCUT2D eigenvalue weighted by Gasteiger charge is -2.40. The predicted octanol–water partition coefficient (Wildman–Crippen LogP) is 0.369. The second-order valence-electron chi connectivity index (χ2n) is 5.46. The van der Waals surface area contributed by atoms with Gasteiger partial charge in [0.1, 0.15) is 5.75 Å². The van der Waals surface area contributed by atoms with Crippen LogP contribution in [0.15, 0.2) is 29.2 Å². The summed E-state index contributed by atoms with van der Waals surface area (Å²) < 4.78 is 32.6. The SMILES string of the molecule is COc1ccc(S(=O)(=O)N2CCNC23CCNCC3)cc1. The normalized spacial score (nSPS) is 22.5. The molecule has 2 saturated heterocycles. The molecule has 21 heavy (non-hydrogen) atoms. The van der Waals surface area contributed by atoms with E-state index in [1.807, 2.05) is 0 Å². The third-order valence-electron chi connectivity index (χ3n) is 4.32. The van der Waals surface area contributed by atoms with Crippen molar-refractivity contribution in [3.05, 3.63) is 24.3 Å². The van der Waals surface area contributed by atoms with Crippen LogP contribution in [0.5, 0.6) is 5.75 Å². The van der Waals surface area contributed by atoms with E-state index < -0.39 is 15.7 Å². The molecule has 2 aliphatic rings. The summed E-state index contributed by atoms with van der Waals surface area (Å²) in [6.07, 6.45) is 1.59. The Bertz CT molecular complexity index is 594. The molecule has 0 saturated carbocycles. The van der Waals surface area contributed by atoms with Gasteiger partial charge in [-0.25, -0.2) is 8.42 Å². The Morgan fingerprint density at radius 1 is 1.14 bits per heavy atom. The monoisotopic (exact) mass is 311 g/mol. The van der Waals surface area contributed by atoms with E-state index in [1.54, 1.807) is 35.7 Å². The van der Waals surface area contributed by atoms with E-state index >= 15 is 0 Å². The summed E-state index contributed by atoms with van der Waals surface area (Å²) in [6, 6.07) is 6.60. The Kier molecular flexibility index (Phi) is 3.92. The largest absolute Gasteiger partial charge is 0.497 e. The van der Waals surface area contributed by atoms with Crippen LogP contribution in [0.3, 0.4) is 0 Å². The smallest absolute Gasteiger partial charge is 0.244 e. The minimum Gasteiger partial charge on any atom is -0.497 e. The Morgan fingerprint density at radius 3 is 2.43 bits per heavy atom. The fourth-order valence-corrected chi connectivity index (χ4v) is 4.96. The van der Waals surface area contributed by atoms with Crippen molar-refractivity contribution < 1.29 is 13.2 Å². The number of rotatable bonds is 3. The Hall–Kier alpha value is -1.15. The van der Waals surface area contributed by atoms with Crippen molar-refractivity contribution in [3.8, 4) is 5.75 Å². The first-order valence-corrected chi connectivity index (χ1v) is 8.65. The highest BCUT2D eigenvalue weighted by molar-refractivity contribution is 7.89. The molecule has 116 valence electrons. The molecule has 7 heteroatoms. The van der Waals surface area contributed by atoms with Gasteiger partial charge in [-0.3, -0.25) is 5.32 Å². The van der Waals surface area contributed by atoms with Crippen molar-refractivity contribution in [2.45, 2.75) is 23.4 Å². The van der Waals surface area contributed by atoms with Crippen LogP contribution in [0.4, 0.5) is 0 Å². The zero-order valence-corrected chi connectivity index (χ0v) is 12.9. The fraction of sp³-hybridized carbons (Fsp3) is 0.571. The quantitative estimate of drug-likeness (QED) is 0.844. The third-order valence-corrected chi connectivity index (χ3v) is 6.30. The molecule has 2 fully saturated rings. The Labute approximate surface area is 125 Å². The van der Waals surface area contributed by atoms with Crippen molar-refractivity contribution >= 4 is 10.0 Å². The molecule has 2 N–H and O–H groups in total. The molecule has 0 aromatic heterocycles. The van der Waals surface area contributed by atoms with Gasteiger partial charge in [-0.2, -0.15) is 4.31 Å². The van der Waals surface area contributed by atoms with Gasteiger partial charge in [0, 0.05) is 13.1 Å². The van der Waals surface area contributed by atoms with Crippen molar-refractivity contribution in [1.29, 1.82) is 0 Å². The zero-order chi connectivity index (χ0) is 14.9. The number of ether oxygens (including phenoxy) is 1. The standard InChI is InChI=1S/C14H21N3O3S/c1-20-12-2-4-13(5-3-12)21(18,19)17-11-10-16-14(17)6-8-15-9-7-14/h2-5,15-16H,6-11H2,1H3. The highest BCUT2D eigenvalue weighted by Gasteiger charge is 2.47. The molecule has 6 nitrogen and oxygen atoms in total. The maximum Gasteiger partial charge on any atom is 0.244 e. The highest BCUT2D eigenvalue weighted by Crippen LogP contribution is 2.33. The summed E-state index contributed by atoms with van der Waals surface area (Å²) in [4.78, 5) is 0.324. The van der Waals surface area contributed by atoms with Crippen LogP contribution in [0.1, 0.15) is 12.8 Å². The van der Waals surface area contributed by atoms with E-state index in [0.717, 1.165) is 25.9 Å². The first-order valence-electron chi connectivity index (χ1n) is 7.21. The van der Waals surface area contributed by atoms with Crippen molar-refractivity contribution in [1.82, 2.24) is 14.9 Å². The lowest BCUT2D eigenvalue weighted by Crippen LogP contribution is -2.58. The molecule has 0 radical (unpaired) electrons. The topological polar surface area (TPSA) is 70.7 Å². The van der Waals surface area contributed by atoms with Crippen LogP contribution in [0.25, 0.3) is 0 Å². The second kappa shape index (κ2) is 5.57. The van der Waals surface area contributed by atoms with Crippen LogP contribution >= 0.6 is 0 Å². The predicted molar refractivity (Wildman–Crippen MR) is 79.7 cm³/mol. The zero-order valence-electron chi connectivity index (χ0n) is 12.1. The maximum atomic E-state index is 12.9. The number of nitrogens with zero attached hydrogens (tertiary/aromatic N) is 1. The minimum atomic E-state index is -3.48. The van der Waals surface area contributed by atoms with Gasteiger partial charge < -0.3 is 10.1 Å². The molecule has 0 aliphatic carbocycles. The molecule has 0 unspecified atom stereocenters. The number of methoxy groups -OCH3 is 1. The summed E-state index contributed by atoms with van der Waals surface area (Å²) >= 11 is 0. The Morgan fingerprint density at radius 2 is 1.81 bits per heavy atom. The van der Waals surface area contributed by atoms with Crippen molar-refractivity contribution in [2.75, 3.05) is 33.3 Å². The van der Waals surface area contributed by atoms with Gasteiger partial charge in [0.25, 0.3) is 0 Å². The number of nitrogens with one attached hydrogen (secondary N) is 2. The summed E-state index contributed by atoms with van der Waals surface area (Å²) in [6.45, 7) is 2.90. The van der Waals surface area contributed by atoms with Gasteiger partial charge in [-0.05, 0) is 50.2 Å². The average molecular weight is 311 g/mol. The first kappa shape index (κ1) is 14.8. The number of hydrogen-bond donors (Lipinski definition) is 2. The van der Waals surface area contributed by atoms with E-state index in [1.165, 1.54) is 0 Å². The van der Waals surface area contributed by atoms with E-state index in [9.17, 15) is 8.42 Å². The van der Waals surface area contributed by atoms with E-state index in [4.69, 9.17) is 4.74 Å². The lowest BCUT2D eigenvalue weighted by atomic mass is 9.99. The van der Waals surface area contributed by atoms with Gasteiger partial charge in [-0.1, -0.05) is 0 Å². The summed E-state index contributed by atoms with van der Waals surface area (Å²) in [5, 5.41) is 6.69. The summed E-state index contributed by atoms with van der Waals surface area (Å²) in [5.74, 6) is 0.657. The van der Waals surface area contributed by atoms with Gasteiger partial charge in [0.2, 0.25) is 10.0 Å². The van der Waals surface area contributed by atoms with Gasteiger partial charge in [0.15, 0.2) is 0 Å². The average Bonchev–Trinajstić information content (AvgIpc) is 2.92. The number of sulfonamides is 1. The third kappa shape index (κ3) is 2.55. The molecule has 1 aromatic rings. The molecule has 0 bridgehead atoms. The molecule has 0 amide bonds. The summed E-state index contributed by atoms with van der Waals surface area (Å²) in [7, 11) is -1.92. The van der Waals surface area contributed by atoms with Crippen molar-refractivity contribution in [2.24, 2.45) is 0 Å². The molecule has 1 spiro atoms. The first-order chi connectivity index (χ1) is 10.1. The van der Waals surface area contributed by atoms with E-state index in [0.29, 0.717) is 23.7 Å². The highest BCUT2D eigenvalue weighted by atomic mass is 32.2. The Balaban J connectivity index is 1.92. The molecule has 0 atom stereocenters. The van der Waals surface area contributed by atoms with Gasteiger partial charge in [-0.15, -0.1) is 0 Å². The van der Waals surface area contributed by atoms with Crippen LogP contribution < -0.4 is 15.4 Å². The van der Waals surface area contributed by atoms with E-state index in [-0.39, 0.29) is 0 Å². The molecule has 1 aromatic carbocycles. The maximum absolute atomic E-state index is 12.9. The van der Waals surface area contributed by atoms with Crippen LogP contribution in [-0.2, 0) is 10.0 Å². The fourth-order valence-electron chi connectivity index (χ4n) is 3.18.